The summed E-state index contributed by atoms with van der Waals surface area (Å²) in [6.45, 7) is 4.35. The van der Waals surface area contributed by atoms with Gasteiger partial charge in [-0.25, -0.2) is 9.97 Å². The van der Waals surface area contributed by atoms with Gasteiger partial charge in [0.25, 0.3) is 0 Å². The van der Waals surface area contributed by atoms with Gasteiger partial charge < -0.3 is 29.2 Å². The van der Waals surface area contributed by atoms with Crippen molar-refractivity contribution in [3.8, 4) is 22.8 Å². The van der Waals surface area contributed by atoms with E-state index in [0.29, 0.717) is 60.0 Å². The molecule has 3 heterocycles. The lowest BCUT2D eigenvalue weighted by atomic mass is 10.1. The molecule has 5 rings (SSSR count). The van der Waals surface area contributed by atoms with Gasteiger partial charge in [0.1, 0.15) is 11.5 Å². The quantitative estimate of drug-likeness (QED) is 0.394. The monoisotopic (exact) mass is 520 g/mol. The second-order valence-corrected chi connectivity index (χ2v) is 9.34. The van der Waals surface area contributed by atoms with Crippen LogP contribution >= 0.6 is 11.6 Å². The molecule has 0 unspecified atom stereocenters. The predicted octanol–water partition coefficient (Wildman–Crippen LogP) is 4.72. The number of rotatable bonds is 6. The molecule has 37 heavy (non-hydrogen) atoms. The van der Waals surface area contributed by atoms with Crippen molar-refractivity contribution < 1.29 is 14.3 Å². The summed E-state index contributed by atoms with van der Waals surface area (Å²) >= 11 is 6.50. The first-order valence-corrected chi connectivity index (χ1v) is 12.4. The minimum Gasteiger partial charge on any atom is -0.494 e. The van der Waals surface area contributed by atoms with Crippen LogP contribution in [0, 0.1) is 0 Å². The topological polar surface area (TPSA) is 84.8 Å². The summed E-state index contributed by atoms with van der Waals surface area (Å²) in [6.07, 6.45) is 3.61. The van der Waals surface area contributed by atoms with Crippen molar-refractivity contribution in [1.29, 1.82) is 0 Å². The number of fused-ring (bicyclic) bond motifs is 1. The van der Waals surface area contributed by atoms with Crippen LogP contribution in [0.3, 0.4) is 0 Å². The summed E-state index contributed by atoms with van der Waals surface area (Å²) < 4.78 is 13.5. The molecule has 0 aliphatic carbocycles. The van der Waals surface area contributed by atoms with E-state index >= 15 is 0 Å². The van der Waals surface area contributed by atoms with Gasteiger partial charge in [0.2, 0.25) is 11.9 Å². The predicted molar refractivity (Wildman–Crippen MR) is 146 cm³/mol. The largest absolute Gasteiger partial charge is 0.494 e. The molecule has 10 heteroatoms. The average Bonchev–Trinajstić information content (AvgIpc) is 3.29. The van der Waals surface area contributed by atoms with Crippen molar-refractivity contribution in [1.82, 2.24) is 19.4 Å². The fourth-order valence-corrected chi connectivity index (χ4v) is 4.87. The van der Waals surface area contributed by atoms with Crippen LogP contribution in [0.5, 0.6) is 11.5 Å². The van der Waals surface area contributed by atoms with Gasteiger partial charge in [-0.1, -0.05) is 17.7 Å². The fourth-order valence-electron chi connectivity index (χ4n) is 4.67. The maximum atomic E-state index is 11.7. The minimum atomic E-state index is 0.0924. The number of aryl methyl sites for hydroxylation is 1. The Hall–Kier alpha value is -3.98. The van der Waals surface area contributed by atoms with E-state index in [4.69, 9.17) is 26.1 Å². The smallest absolute Gasteiger partial charge is 0.227 e. The molecule has 1 saturated heterocycles. The Balaban J connectivity index is 1.44. The Kier molecular flexibility index (Phi) is 6.80. The van der Waals surface area contributed by atoms with Crippen molar-refractivity contribution in [2.24, 2.45) is 7.05 Å². The highest BCUT2D eigenvalue weighted by Gasteiger charge is 2.23. The third-order valence-corrected chi connectivity index (χ3v) is 6.99. The van der Waals surface area contributed by atoms with E-state index < -0.39 is 0 Å². The molecule has 0 saturated carbocycles. The Morgan fingerprint density at radius 1 is 1.03 bits per heavy atom. The summed E-state index contributed by atoms with van der Waals surface area (Å²) in [5.74, 6) is 1.78. The SMILES string of the molecule is COc1cc(N2CCN(C(C)=O)CC2)c(OC)cc1Nc1ncc(Cl)c(-c2ccc3c(ccn3C)c2)n1. The Labute approximate surface area is 220 Å². The van der Waals surface area contributed by atoms with Crippen LogP contribution in [0.2, 0.25) is 5.02 Å². The van der Waals surface area contributed by atoms with Crippen molar-refractivity contribution in [2.45, 2.75) is 6.92 Å². The number of halogens is 1. The molecule has 2 aromatic carbocycles. The maximum absolute atomic E-state index is 11.7. The zero-order chi connectivity index (χ0) is 26.1. The summed E-state index contributed by atoms with van der Waals surface area (Å²) in [7, 11) is 5.27. The number of anilines is 3. The van der Waals surface area contributed by atoms with Gasteiger partial charge in [-0.2, -0.15) is 0 Å². The van der Waals surface area contributed by atoms with E-state index in [1.807, 2.05) is 36.3 Å². The molecule has 2 aromatic heterocycles. The molecule has 1 N–H and O–H groups in total. The van der Waals surface area contributed by atoms with Crippen LogP contribution in [0.15, 0.2) is 48.8 Å². The number of amides is 1. The third kappa shape index (κ3) is 4.86. The molecule has 1 aliphatic heterocycles. The molecule has 1 aliphatic rings. The van der Waals surface area contributed by atoms with Gasteiger partial charge in [0.15, 0.2) is 0 Å². The number of hydrogen-bond acceptors (Lipinski definition) is 7. The van der Waals surface area contributed by atoms with Gasteiger partial charge >= 0.3 is 0 Å². The lowest BCUT2D eigenvalue weighted by Gasteiger charge is -2.36. The third-order valence-electron chi connectivity index (χ3n) is 6.72. The molecule has 1 amide bonds. The lowest BCUT2D eigenvalue weighted by Crippen LogP contribution is -2.48. The molecule has 0 bridgehead atoms. The molecule has 192 valence electrons. The van der Waals surface area contributed by atoms with E-state index in [-0.39, 0.29) is 5.91 Å². The molecule has 4 aromatic rings. The molecule has 0 atom stereocenters. The fraction of sp³-hybridized carbons (Fsp3) is 0.296. The number of aromatic nitrogens is 3. The highest BCUT2D eigenvalue weighted by Crippen LogP contribution is 2.40. The lowest BCUT2D eigenvalue weighted by molar-refractivity contribution is -0.129. The second-order valence-electron chi connectivity index (χ2n) is 8.93. The van der Waals surface area contributed by atoms with Crippen LogP contribution in [-0.4, -0.2) is 65.7 Å². The normalized spacial score (nSPS) is 13.6. The molecule has 0 spiro atoms. The number of nitrogens with zero attached hydrogens (tertiary/aromatic N) is 5. The summed E-state index contributed by atoms with van der Waals surface area (Å²) in [5.41, 5.74) is 4.24. The van der Waals surface area contributed by atoms with Gasteiger partial charge in [-0.05, 0) is 18.2 Å². The average molecular weight is 521 g/mol. The number of piperazine rings is 1. The first kappa shape index (κ1) is 24.7. The van der Waals surface area contributed by atoms with Crippen LogP contribution in [-0.2, 0) is 11.8 Å². The summed E-state index contributed by atoms with van der Waals surface area (Å²) in [5, 5.41) is 4.84. The van der Waals surface area contributed by atoms with Crippen LogP contribution in [0.4, 0.5) is 17.3 Å². The molecular weight excluding hydrogens is 492 g/mol. The molecule has 9 nitrogen and oxygen atoms in total. The first-order valence-electron chi connectivity index (χ1n) is 12.0. The highest BCUT2D eigenvalue weighted by molar-refractivity contribution is 6.33. The number of benzene rings is 2. The van der Waals surface area contributed by atoms with Crippen molar-refractivity contribution >= 4 is 45.7 Å². The summed E-state index contributed by atoms with van der Waals surface area (Å²) in [4.78, 5) is 24.9. The van der Waals surface area contributed by atoms with E-state index in [1.165, 1.54) is 0 Å². The summed E-state index contributed by atoms with van der Waals surface area (Å²) in [6, 6.07) is 12.0. The number of ether oxygens (including phenoxy) is 2. The first-order chi connectivity index (χ1) is 17.9. The zero-order valence-corrected chi connectivity index (χ0v) is 22.0. The number of hydrogen-bond donors (Lipinski definition) is 1. The second kappa shape index (κ2) is 10.2. The minimum absolute atomic E-state index is 0.0924. The van der Waals surface area contributed by atoms with Crippen LogP contribution < -0.4 is 19.7 Å². The van der Waals surface area contributed by atoms with E-state index in [0.717, 1.165) is 22.2 Å². The zero-order valence-electron chi connectivity index (χ0n) is 21.3. The van der Waals surface area contributed by atoms with Gasteiger partial charge in [0.05, 0.1) is 42.5 Å². The van der Waals surface area contributed by atoms with Crippen molar-refractivity contribution in [2.75, 3.05) is 50.6 Å². The Morgan fingerprint density at radius 2 is 1.78 bits per heavy atom. The van der Waals surface area contributed by atoms with Crippen LogP contribution in [0.1, 0.15) is 6.92 Å². The van der Waals surface area contributed by atoms with Crippen LogP contribution in [0.25, 0.3) is 22.2 Å². The maximum Gasteiger partial charge on any atom is 0.227 e. The van der Waals surface area contributed by atoms with E-state index in [1.54, 1.807) is 27.3 Å². The van der Waals surface area contributed by atoms with Gasteiger partial charge in [-0.3, -0.25) is 4.79 Å². The van der Waals surface area contributed by atoms with Crippen molar-refractivity contribution in [3.63, 3.8) is 0 Å². The molecule has 1 fully saturated rings. The number of carbonyl (C=O) groups excluding carboxylic acids is 1. The molecular formula is C27H29ClN6O3. The van der Waals surface area contributed by atoms with Crippen molar-refractivity contribution in [3.05, 3.63) is 53.8 Å². The van der Waals surface area contributed by atoms with E-state index in [9.17, 15) is 4.79 Å². The Bertz CT molecular complexity index is 1460. The van der Waals surface area contributed by atoms with Gasteiger partial charge in [-0.15, -0.1) is 0 Å². The standard InChI is InChI=1S/C27H29ClN6O3/c1-17(35)33-9-11-34(12-10-33)23-15-24(36-3)21(14-25(23)37-4)30-27-29-16-20(28)26(31-27)19-5-6-22-18(13-19)7-8-32(22)2/h5-8,13-16H,9-12H2,1-4H3,(H,29,30,31). The van der Waals surface area contributed by atoms with Gasteiger partial charge in [0, 0.05) is 74.9 Å². The number of carbonyl (C=O) groups is 1. The molecule has 0 radical (unpaired) electrons. The number of methoxy groups -OCH3 is 2. The number of nitrogens with one attached hydrogen (secondary N) is 1. The Morgan fingerprint density at radius 3 is 2.49 bits per heavy atom. The van der Waals surface area contributed by atoms with E-state index in [2.05, 4.69) is 38.0 Å². The highest BCUT2D eigenvalue weighted by atomic mass is 35.5.